The predicted molar refractivity (Wildman–Crippen MR) is 90.6 cm³/mol. The number of benzene rings is 1. The second-order valence-electron chi connectivity index (χ2n) is 6.07. The molecule has 0 bridgehead atoms. The molecule has 1 amide bonds. The number of hydrogen-bond donors (Lipinski definition) is 1. The lowest BCUT2D eigenvalue weighted by Crippen LogP contribution is -2.26. The Labute approximate surface area is 144 Å². The van der Waals surface area contributed by atoms with E-state index in [1.54, 1.807) is 24.2 Å². The van der Waals surface area contributed by atoms with Crippen LogP contribution in [0.1, 0.15) is 16.1 Å². The third-order valence-corrected chi connectivity index (χ3v) is 4.37. The highest BCUT2D eigenvalue weighted by molar-refractivity contribution is 5.90. The van der Waals surface area contributed by atoms with Crippen LogP contribution < -0.4 is 15.2 Å². The van der Waals surface area contributed by atoms with Crippen molar-refractivity contribution in [3.05, 3.63) is 47.9 Å². The molecule has 2 aromatic heterocycles. The van der Waals surface area contributed by atoms with E-state index in [2.05, 4.69) is 16.1 Å². The molecule has 127 valence electrons. The third-order valence-electron chi connectivity index (χ3n) is 4.37. The van der Waals surface area contributed by atoms with E-state index in [0.717, 1.165) is 34.4 Å². The first-order chi connectivity index (χ1) is 12.1. The van der Waals surface area contributed by atoms with Crippen LogP contribution in [0.5, 0.6) is 11.5 Å². The van der Waals surface area contributed by atoms with Crippen molar-refractivity contribution in [2.45, 2.75) is 13.0 Å². The van der Waals surface area contributed by atoms with E-state index in [1.165, 1.54) is 0 Å². The molecule has 3 aromatic rings. The van der Waals surface area contributed by atoms with Crippen LogP contribution in [0.2, 0.25) is 0 Å². The minimum atomic E-state index is -0.576. The zero-order valence-corrected chi connectivity index (χ0v) is 13.7. The van der Waals surface area contributed by atoms with Crippen LogP contribution >= 0.6 is 0 Å². The van der Waals surface area contributed by atoms with E-state index >= 15 is 0 Å². The van der Waals surface area contributed by atoms with E-state index < -0.39 is 5.91 Å². The molecule has 1 atom stereocenters. The molecular weight excluding hydrogens is 320 g/mol. The van der Waals surface area contributed by atoms with Crippen LogP contribution in [-0.2, 0) is 13.0 Å². The summed E-state index contributed by atoms with van der Waals surface area (Å²) in [5.74, 6) is 1.24. The summed E-state index contributed by atoms with van der Waals surface area (Å²) in [7, 11) is 1.65. The summed E-state index contributed by atoms with van der Waals surface area (Å²) in [6, 6.07) is 8.60. The summed E-state index contributed by atoms with van der Waals surface area (Å²) in [5, 5.41) is 5.18. The number of ether oxygens (including phenoxy) is 2. The topological polar surface area (TPSA) is 92.3 Å². The summed E-state index contributed by atoms with van der Waals surface area (Å²) in [6.45, 7) is 1.19. The lowest BCUT2D eigenvalue weighted by molar-refractivity contribution is 0.0994. The van der Waals surface area contributed by atoms with Crippen LogP contribution in [0.15, 0.2) is 30.6 Å². The van der Waals surface area contributed by atoms with Crippen molar-refractivity contribution in [2.24, 2.45) is 11.7 Å². The standard InChI is InChI=1S/C18H17N4O3/c1-24-12-2-3-15-13(7-12)14-6-11(10-25-17(14)8-20-15)9-22-5-4-16(21-22)18(19)23/h2-3,5,7-8,11H,6,9-10H2,1H3,(H2,19,23). The van der Waals surface area contributed by atoms with Gasteiger partial charge in [-0.3, -0.25) is 14.5 Å². The molecule has 0 saturated heterocycles. The van der Waals surface area contributed by atoms with Gasteiger partial charge >= 0.3 is 0 Å². The normalized spacial score (nSPS) is 16.3. The molecule has 0 saturated carbocycles. The van der Waals surface area contributed by atoms with Crippen molar-refractivity contribution >= 4 is 16.8 Å². The average molecular weight is 337 g/mol. The van der Waals surface area contributed by atoms with Gasteiger partial charge in [0.15, 0.2) is 5.69 Å². The largest absolute Gasteiger partial charge is 0.497 e. The van der Waals surface area contributed by atoms with Crippen molar-refractivity contribution in [1.82, 2.24) is 14.8 Å². The number of amides is 1. The fourth-order valence-electron chi connectivity index (χ4n) is 3.14. The molecule has 1 aliphatic rings. The fraction of sp³-hybridized carbons (Fsp3) is 0.278. The Morgan fingerprint density at radius 3 is 3.16 bits per heavy atom. The van der Waals surface area contributed by atoms with Gasteiger partial charge in [-0.25, -0.2) is 0 Å². The number of rotatable bonds is 4. The van der Waals surface area contributed by atoms with E-state index in [0.29, 0.717) is 13.2 Å². The van der Waals surface area contributed by atoms with Gasteiger partial charge in [0.2, 0.25) is 0 Å². The molecule has 7 heteroatoms. The Balaban J connectivity index is 1.62. The Morgan fingerprint density at radius 2 is 2.40 bits per heavy atom. The maximum absolute atomic E-state index is 11.1. The van der Waals surface area contributed by atoms with Gasteiger partial charge in [-0.15, -0.1) is 0 Å². The quantitative estimate of drug-likeness (QED) is 0.780. The van der Waals surface area contributed by atoms with Crippen LogP contribution in [0.4, 0.5) is 0 Å². The van der Waals surface area contributed by atoms with E-state index in [-0.39, 0.29) is 11.6 Å². The third kappa shape index (κ3) is 2.88. The summed E-state index contributed by atoms with van der Waals surface area (Å²) < 4.78 is 12.9. The molecule has 0 aliphatic carbocycles. The van der Waals surface area contributed by atoms with Crippen LogP contribution in [0, 0.1) is 12.0 Å². The highest BCUT2D eigenvalue weighted by Crippen LogP contribution is 2.34. The molecule has 0 spiro atoms. The zero-order valence-electron chi connectivity index (χ0n) is 13.7. The maximum atomic E-state index is 11.1. The summed E-state index contributed by atoms with van der Waals surface area (Å²) >= 11 is 0. The molecule has 2 N–H and O–H groups in total. The molecule has 3 heterocycles. The van der Waals surface area contributed by atoms with Gasteiger partial charge in [0.1, 0.15) is 11.5 Å². The maximum Gasteiger partial charge on any atom is 0.269 e. The van der Waals surface area contributed by atoms with Gasteiger partial charge in [-0.2, -0.15) is 5.10 Å². The minimum absolute atomic E-state index is 0.150. The number of nitrogens with two attached hydrogens (primary N) is 1. The van der Waals surface area contributed by atoms with Gasteiger partial charge in [-0.1, -0.05) is 0 Å². The molecule has 4 rings (SSSR count). The number of primary amides is 1. The first kappa shape index (κ1) is 15.4. The molecule has 1 radical (unpaired) electrons. The van der Waals surface area contributed by atoms with Gasteiger partial charge in [0.25, 0.3) is 5.91 Å². The van der Waals surface area contributed by atoms with Crippen molar-refractivity contribution < 1.29 is 14.3 Å². The van der Waals surface area contributed by atoms with Crippen molar-refractivity contribution in [3.63, 3.8) is 0 Å². The molecule has 7 nitrogen and oxygen atoms in total. The van der Waals surface area contributed by atoms with E-state index in [9.17, 15) is 4.79 Å². The molecule has 1 unspecified atom stereocenters. The molecule has 1 aliphatic heterocycles. The number of fused-ring (bicyclic) bond motifs is 3. The van der Waals surface area contributed by atoms with Gasteiger partial charge in [0.05, 0.1) is 25.4 Å². The lowest BCUT2D eigenvalue weighted by Gasteiger charge is -2.26. The van der Waals surface area contributed by atoms with Crippen LogP contribution in [0.3, 0.4) is 0 Å². The van der Waals surface area contributed by atoms with Gasteiger partial charge in [-0.05, 0) is 24.6 Å². The fourth-order valence-corrected chi connectivity index (χ4v) is 3.14. The number of hydrogen-bond acceptors (Lipinski definition) is 5. The second-order valence-corrected chi connectivity index (χ2v) is 6.07. The average Bonchev–Trinajstić information content (AvgIpc) is 3.10. The van der Waals surface area contributed by atoms with Gasteiger partial charge < -0.3 is 15.2 Å². The summed E-state index contributed by atoms with van der Waals surface area (Å²) in [4.78, 5) is 15.6. The SMILES string of the molecule is COc1ccc2ncc3c(c2c1)CC(Cn1c[c]c(C(N)=O)n1)CO3. The number of carbonyl (C=O) groups is 1. The number of aromatic nitrogens is 3. The number of pyridine rings is 1. The highest BCUT2D eigenvalue weighted by atomic mass is 16.5. The first-order valence-electron chi connectivity index (χ1n) is 7.97. The second kappa shape index (κ2) is 6.08. The predicted octanol–water partition coefficient (Wildman–Crippen LogP) is 1.59. The number of carbonyl (C=O) groups excluding carboxylic acids is 1. The van der Waals surface area contributed by atoms with Crippen molar-refractivity contribution in [1.29, 1.82) is 0 Å². The van der Waals surface area contributed by atoms with Gasteiger partial charge in [0, 0.05) is 35.7 Å². The van der Waals surface area contributed by atoms with Crippen LogP contribution in [-0.4, -0.2) is 34.4 Å². The van der Waals surface area contributed by atoms with E-state index in [1.807, 2.05) is 18.2 Å². The monoisotopic (exact) mass is 337 g/mol. The summed E-state index contributed by atoms with van der Waals surface area (Å²) in [5.41, 5.74) is 7.40. The zero-order chi connectivity index (χ0) is 17.4. The Kier molecular flexibility index (Phi) is 3.76. The highest BCUT2D eigenvalue weighted by Gasteiger charge is 2.23. The number of methoxy groups -OCH3 is 1. The van der Waals surface area contributed by atoms with E-state index in [4.69, 9.17) is 15.2 Å². The Morgan fingerprint density at radius 1 is 1.52 bits per heavy atom. The Bertz CT molecular complexity index is 945. The molecule has 25 heavy (non-hydrogen) atoms. The van der Waals surface area contributed by atoms with Crippen molar-refractivity contribution in [2.75, 3.05) is 13.7 Å². The summed E-state index contributed by atoms with van der Waals surface area (Å²) in [6.07, 6.45) is 4.24. The Hall–Kier alpha value is -3.09. The molecule has 1 aromatic carbocycles. The van der Waals surface area contributed by atoms with Crippen molar-refractivity contribution in [3.8, 4) is 11.5 Å². The van der Waals surface area contributed by atoms with Crippen LogP contribution in [0.25, 0.3) is 10.9 Å². The smallest absolute Gasteiger partial charge is 0.269 e. The minimum Gasteiger partial charge on any atom is -0.497 e. The first-order valence-corrected chi connectivity index (χ1v) is 7.97. The number of nitrogens with zero attached hydrogens (tertiary/aromatic N) is 3. The lowest BCUT2D eigenvalue weighted by atomic mass is 9.94. The molecular formula is C18H17N4O3. The molecule has 0 fully saturated rings.